The molecule has 0 spiro atoms. The highest BCUT2D eigenvalue weighted by Crippen LogP contribution is 2.18. The van der Waals surface area contributed by atoms with E-state index in [4.69, 9.17) is 18.0 Å². The summed E-state index contributed by atoms with van der Waals surface area (Å²) in [6.45, 7) is 9.73. The van der Waals surface area contributed by atoms with Gasteiger partial charge in [-0.15, -0.1) is 5.10 Å². The number of nitrogens with zero attached hydrogens (tertiary/aromatic N) is 3. The Labute approximate surface area is 138 Å². The van der Waals surface area contributed by atoms with Crippen molar-refractivity contribution in [2.45, 2.75) is 53.3 Å². The van der Waals surface area contributed by atoms with Gasteiger partial charge < -0.3 is 18.0 Å². The number of carbonyl (C=O) groups excluding carboxylic acids is 1. The van der Waals surface area contributed by atoms with E-state index in [0.717, 1.165) is 12.5 Å². The summed E-state index contributed by atoms with van der Waals surface area (Å²) < 4.78 is 24.0. The van der Waals surface area contributed by atoms with Crippen LogP contribution in [0, 0.1) is 0 Å². The molecule has 1 aromatic rings. The van der Waals surface area contributed by atoms with Crippen molar-refractivity contribution in [3.63, 3.8) is 0 Å². The highest BCUT2D eigenvalue weighted by atomic mass is 28.4. The van der Waals surface area contributed by atoms with Gasteiger partial charge in [0.25, 0.3) is 0 Å². The molecule has 0 atom stereocenters. The molecule has 1 heterocycles. The first-order chi connectivity index (χ1) is 11.0. The van der Waals surface area contributed by atoms with Gasteiger partial charge >= 0.3 is 14.8 Å². The Balaban J connectivity index is 2.50. The number of aryl methyl sites for hydroxylation is 1. The minimum atomic E-state index is -2.60. The summed E-state index contributed by atoms with van der Waals surface area (Å²) >= 11 is 0. The number of ether oxygens (including phenoxy) is 1. The highest BCUT2D eigenvalue weighted by molar-refractivity contribution is 6.60. The lowest BCUT2D eigenvalue weighted by atomic mass is 10.4. The van der Waals surface area contributed by atoms with Crippen molar-refractivity contribution in [2.24, 2.45) is 0 Å². The summed E-state index contributed by atoms with van der Waals surface area (Å²) in [6.07, 6.45) is 2.58. The summed E-state index contributed by atoms with van der Waals surface area (Å²) in [6, 6.07) is 0.724. The Morgan fingerprint density at radius 1 is 1.17 bits per heavy atom. The zero-order valence-corrected chi connectivity index (χ0v) is 15.4. The van der Waals surface area contributed by atoms with E-state index in [1.807, 2.05) is 20.8 Å². The van der Waals surface area contributed by atoms with Gasteiger partial charge in [-0.05, 0) is 27.2 Å². The fourth-order valence-electron chi connectivity index (χ4n) is 2.15. The summed E-state index contributed by atoms with van der Waals surface area (Å²) in [4.78, 5) is 10.8. The zero-order valence-electron chi connectivity index (χ0n) is 14.4. The molecular formula is C14H27N3O5Si. The minimum Gasteiger partial charge on any atom is -0.459 e. The Hall–Kier alpha value is -1.29. The van der Waals surface area contributed by atoms with Gasteiger partial charge in [-0.3, -0.25) is 9.48 Å². The molecule has 132 valence electrons. The molecule has 9 heteroatoms. The predicted octanol–water partition coefficient (Wildman–Crippen LogP) is 1.78. The minimum absolute atomic E-state index is 0.144. The maximum Gasteiger partial charge on any atom is 0.500 e. The average Bonchev–Trinajstić information content (AvgIpc) is 2.94. The predicted molar refractivity (Wildman–Crippen MR) is 85.5 cm³/mol. The molecule has 0 bridgehead atoms. The maximum atomic E-state index is 10.8. The third kappa shape index (κ3) is 7.21. The fourth-order valence-corrected chi connectivity index (χ4v) is 4.74. The monoisotopic (exact) mass is 345 g/mol. The molecule has 0 N–H and O–H groups in total. The molecule has 0 aliphatic heterocycles. The van der Waals surface area contributed by atoms with Crippen LogP contribution >= 0.6 is 0 Å². The smallest absolute Gasteiger partial charge is 0.459 e. The third-order valence-electron chi connectivity index (χ3n) is 2.97. The Morgan fingerprint density at radius 3 is 2.30 bits per heavy atom. The van der Waals surface area contributed by atoms with Gasteiger partial charge in [-0.25, -0.2) is 0 Å². The van der Waals surface area contributed by atoms with Crippen LogP contribution in [0.3, 0.4) is 0 Å². The first-order valence-electron chi connectivity index (χ1n) is 7.99. The number of aromatic nitrogens is 3. The van der Waals surface area contributed by atoms with Crippen molar-refractivity contribution >= 4 is 14.8 Å². The number of rotatable bonds is 12. The molecule has 0 aliphatic rings. The lowest BCUT2D eigenvalue weighted by Gasteiger charge is -2.28. The molecule has 1 rings (SSSR count). The Morgan fingerprint density at radius 2 is 1.78 bits per heavy atom. The van der Waals surface area contributed by atoms with Gasteiger partial charge in [-0.2, -0.15) is 0 Å². The largest absolute Gasteiger partial charge is 0.500 e. The van der Waals surface area contributed by atoms with E-state index in [1.54, 1.807) is 10.9 Å². The van der Waals surface area contributed by atoms with Crippen molar-refractivity contribution in [3.05, 3.63) is 11.9 Å². The van der Waals surface area contributed by atoms with E-state index in [1.165, 1.54) is 6.92 Å². The molecule has 0 amide bonds. The van der Waals surface area contributed by atoms with Crippen molar-refractivity contribution in [2.75, 3.05) is 19.8 Å². The summed E-state index contributed by atoms with van der Waals surface area (Å²) in [5.74, 6) is -0.333. The van der Waals surface area contributed by atoms with Crippen LogP contribution in [-0.2, 0) is 36.0 Å². The molecule has 8 nitrogen and oxygen atoms in total. The van der Waals surface area contributed by atoms with Crippen LogP contribution in [0.15, 0.2) is 6.20 Å². The number of hydrogen-bond acceptors (Lipinski definition) is 7. The van der Waals surface area contributed by atoms with Crippen molar-refractivity contribution in [3.8, 4) is 0 Å². The number of esters is 1. The van der Waals surface area contributed by atoms with Gasteiger partial charge in [0.05, 0.1) is 6.20 Å². The van der Waals surface area contributed by atoms with Crippen LogP contribution < -0.4 is 0 Å². The maximum absolute atomic E-state index is 10.8. The first kappa shape index (κ1) is 19.8. The lowest BCUT2D eigenvalue weighted by molar-refractivity contribution is -0.142. The van der Waals surface area contributed by atoms with E-state index in [0.29, 0.717) is 32.1 Å². The number of hydrogen-bond donors (Lipinski definition) is 0. The Kier molecular flexibility index (Phi) is 9.00. The lowest BCUT2D eigenvalue weighted by Crippen LogP contribution is -2.46. The molecule has 1 aromatic heterocycles. The second-order valence-electron chi connectivity index (χ2n) is 4.84. The van der Waals surface area contributed by atoms with E-state index < -0.39 is 8.80 Å². The van der Waals surface area contributed by atoms with Crippen molar-refractivity contribution < 1.29 is 22.8 Å². The van der Waals surface area contributed by atoms with Crippen LogP contribution in [-0.4, -0.2) is 49.6 Å². The van der Waals surface area contributed by atoms with E-state index >= 15 is 0 Å². The zero-order chi connectivity index (χ0) is 17.1. The quantitative estimate of drug-likeness (QED) is 0.422. The van der Waals surface area contributed by atoms with Gasteiger partial charge in [0.2, 0.25) is 0 Å². The van der Waals surface area contributed by atoms with Crippen molar-refractivity contribution in [1.82, 2.24) is 15.0 Å². The average molecular weight is 345 g/mol. The molecular weight excluding hydrogens is 318 g/mol. The summed E-state index contributed by atoms with van der Waals surface area (Å²) in [7, 11) is -2.60. The molecule has 0 aromatic carbocycles. The van der Waals surface area contributed by atoms with Crippen LogP contribution in [0.5, 0.6) is 0 Å². The molecule has 23 heavy (non-hydrogen) atoms. The van der Waals surface area contributed by atoms with Gasteiger partial charge in [0.1, 0.15) is 12.3 Å². The molecule has 0 saturated carbocycles. The molecule has 0 fully saturated rings. The summed E-state index contributed by atoms with van der Waals surface area (Å²) in [5, 5.41) is 7.99. The second kappa shape index (κ2) is 10.5. The fraction of sp³-hybridized carbons (Fsp3) is 0.786. The topological polar surface area (TPSA) is 84.7 Å². The molecule has 0 saturated heterocycles. The number of carbonyl (C=O) groups is 1. The second-order valence-corrected chi connectivity index (χ2v) is 7.57. The summed E-state index contributed by atoms with van der Waals surface area (Å²) in [5.41, 5.74) is 0.628. The van der Waals surface area contributed by atoms with E-state index in [2.05, 4.69) is 10.3 Å². The highest BCUT2D eigenvalue weighted by Gasteiger charge is 2.39. The molecule has 0 radical (unpaired) electrons. The normalized spacial score (nSPS) is 11.7. The van der Waals surface area contributed by atoms with Crippen LogP contribution in [0.4, 0.5) is 0 Å². The van der Waals surface area contributed by atoms with Gasteiger partial charge in [0, 0.05) is 39.3 Å². The van der Waals surface area contributed by atoms with E-state index in [9.17, 15) is 4.79 Å². The first-order valence-corrected chi connectivity index (χ1v) is 9.92. The van der Waals surface area contributed by atoms with Crippen LogP contribution in [0.1, 0.15) is 39.8 Å². The van der Waals surface area contributed by atoms with Gasteiger partial charge in [0.15, 0.2) is 0 Å². The Bertz CT molecular complexity index is 452. The molecule has 0 unspecified atom stereocenters. The van der Waals surface area contributed by atoms with Gasteiger partial charge in [-0.1, -0.05) is 5.21 Å². The standard InChI is InChI=1S/C14H27N3O5Si/c1-5-20-23(21-6-2,22-7-3)10-8-9-17-11-14(15-16-17)12-19-13(4)18/h11H,5-10,12H2,1-4H3. The van der Waals surface area contributed by atoms with Crippen LogP contribution in [0.2, 0.25) is 6.04 Å². The van der Waals surface area contributed by atoms with Crippen LogP contribution in [0.25, 0.3) is 0 Å². The SMILES string of the molecule is CCO[Si](CCCn1cc(COC(C)=O)nn1)(OCC)OCC. The van der Waals surface area contributed by atoms with E-state index in [-0.39, 0.29) is 12.6 Å². The third-order valence-corrected chi connectivity index (χ3v) is 6.12. The van der Waals surface area contributed by atoms with Crippen molar-refractivity contribution in [1.29, 1.82) is 0 Å². The molecule has 0 aliphatic carbocycles.